The summed E-state index contributed by atoms with van der Waals surface area (Å²) in [5.74, 6) is -2.23. The van der Waals surface area contributed by atoms with Crippen LogP contribution in [0.15, 0.2) is 77.8 Å². The number of primary amides is 1. The van der Waals surface area contributed by atoms with Gasteiger partial charge in [0.15, 0.2) is 6.04 Å². The summed E-state index contributed by atoms with van der Waals surface area (Å²) < 4.78 is 0. The third-order valence-electron chi connectivity index (χ3n) is 6.81. The van der Waals surface area contributed by atoms with E-state index < -0.39 is 24.3 Å². The Morgan fingerprint density at radius 1 is 1.10 bits per heavy atom. The number of rotatable bonds is 10. The number of hydrogen-bond donors (Lipinski definition) is 3. The lowest BCUT2D eigenvalue weighted by Crippen LogP contribution is -2.39. The number of hydrogen-bond acceptors (Lipinski definition) is 5. The molecular weight excluding hydrogens is 516 g/mol. The summed E-state index contributed by atoms with van der Waals surface area (Å²) in [6.07, 6.45) is 1.16. The SMILES string of the molecule is Cc1ccccc1CN1CCCC1C(=O)Nc1ccc(Cl)cc1C(=N[C@H](CC(N)=O)C(=O)O)c1ccccc1. The van der Waals surface area contributed by atoms with Crippen LogP contribution in [-0.2, 0) is 20.9 Å². The number of nitrogens with two attached hydrogens (primary N) is 1. The standard InChI is InChI=1S/C30H31ClN4O4/c1-19-8-5-6-11-21(19)18-35-15-7-12-26(35)29(37)34-24-14-13-22(31)16-23(24)28(20-9-3-2-4-10-20)33-25(30(38)39)17-27(32)36/h2-6,8-11,13-14,16,25-26H,7,12,15,17-18H2,1H3,(H2,32,36)(H,34,37)(H,38,39)/t25-,26?/m1/s1. The zero-order valence-electron chi connectivity index (χ0n) is 21.6. The number of anilines is 1. The van der Waals surface area contributed by atoms with Crippen LogP contribution >= 0.6 is 11.6 Å². The molecule has 1 aliphatic heterocycles. The van der Waals surface area contributed by atoms with Crippen LogP contribution in [0.5, 0.6) is 0 Å². The maximum absolute atomic E-state index is 13.6. The van der Waals surface area contributed by atoms with Crippen LogP contribution in [0, 0.1) is 6.92 Å². The molecule has 0 aliphatic carbocycles. The molecule has 1 aliphatic rings. The molecule has 4 rings (SSSR count). The predicted molar refractivity (Wildman–Crippen MR) is 152 cm³/mol. The van der Waals surface area contributed by atoms with Gasteiger partial charge in [-0.15, -0.1) is 0 Å². The molecule has 1 unspecified atom stereocenters. The van der Waals surface area contributed by atoms with Crippen molar-refractivity contribution in [3.8, 4) is 0 Å². The zero-order chi connectivity index (χ0) is 27.9. The van der Waals surface area contributed by atoms with E-state index in [2.05, 4.69) is 34.3 Å². The van der Waals surface area contributed by atoms with Gasteiger partial charge in [0.05, 0.1) is 23.9 Å². The first-order valence-corrected chi connectivity index (χ1v) is 13.1. The highest BCUT2D eigenvalue weighted by Gasteiger charge is 2.31. The fourth-order valence-electron chi connectivity index (χ4n) is 4.79. The first-order valence-electron chi connectivity index (χ1n) is 12.8. The van der Waals surface area contributed by atoms with Gasteiger partial charge in [0, 0.05) is 22.7 Å². The van der Waals surface area contributed by atoms with Crippen LogP contribution < -0.4 is 11.1 Å². The Morgan fingerprint density at radius 3 is 2.51 bits per heavy atom. The molecule has 8 nitrogen and oxygen atoms in total. The van der Waals surface area contributed by atoms with Crippen molar-refractivity contribution < 1.29 is 19.5 Å². The molecule has 0 spiro atoms. The van der Waals surface area contributed by atoms with Gasteiger partial charge < -0.3 is 16.2 Å². The number of aliphatic imine (C=N–C) groups is 1. The first-order chi connectivity index (χ1) is 18.7. The van der Waals surface area contributed by atoms with E-state index in [1.807, 2.05) is 18.2 Å². The van der Waals surface area contributed by atoms with Crippen molar-refractivity contribution in [2.24, 2.45) is 10.7 Å². The number of amides is 2. The van der Waals surface area contributed by atoms with E-state index in [4.69, 9.17) is 17.3 Å². The van der Waals surface area contributed by atoms with Crippen LogP contribution in [-0.4, -0.2) is 52.1 Å². The molecule has 2 amide bonds. The summed E-state index contributed by atoms with van der Waals surface area (Å²) in [6, 6.07) is 20.3. The summed E-state index contributed by atoms with van der Waals surface area (Å²) >= 11 is 6.36. The number of carbonyl (C=O) groups is 3. The lowest BCUT2D eigenvalue weighted by Gasteiger charge is -2.25. The molecule has 1 fully saturated rings. The predicted octanol–water partition coefficient (Wildman–Crippen LogP) is 4.42. The second-order valence-electron chi connectivity index (χ2n) is 9.60. The molecule has 3 aromatic rings. The molecule has 0 bridgehead atoms. The molecule has 1 heterocycles. The van der Waals surface area contributed by atoms with E-state index in [0.29, 0.717) is 28.4 Å². The van der Waals surface area contributed by atoms with Gasteiger partial charge in [0.2, 0.25) is 11.8 Å². The lowest BCUT2D eigenvalue weighted by molar-refractivity contribution is -0.140. The van der Waals surface area contributed by atoms with Crippen LogP contribution in [0.1, 0.15) is 41.5 Å². The van der Waals surface area contributed by atoms with Gasteiger partial charge in [-0.3, -0.25) is 19.5 Å². The average molecular weight is 547 g/mol. The summed E-state index contributed by atoms with van der Waals surface area (Å²) in [7, 11) is 0. The number of likely N-dealkylation sites (tertiary alicyclic amines) is 1. The van der Waals surface area contributed by atoms with E-state index >= 15 is 0 Å². The zero-order valence-corrected chi connectivity index (χ0v) is 22.4. The molecule has 202 valence electrons. The topological polar surface area (TPSA) is 125 Å². The maximum atomic E-state index is 13.6. The van der Waals surface area contributed by atoms with Gasteiger partial charge >= 0.3 is 5.97 Å². The molecular formula is C30H31ClN4O4. The van der Waals surface area contributed by atoms with Gasteiger partial charge in [-0.1, -0.05) is 66.2 Å². The largest absolute Gasteiger partial charge is 0.480 e. The molecule has 4 N–H and O–H groups in total. The lowest BCUT2D eigenvalue weighted by atomic mass is 9.99. The minimum Gasteiger partial charge on any atom is -0.480 e. The molecule has 0 saturated carbocycles. The van der Waals surface area contributed by atoms with Crippen molar-refractivity contribution in [3.63, 3.8) is 0 Å². The van der Waals surface area contributed by atoms with E-state index in [1.165, 1.54) is 11.1 Å². The number of aliphatic carboxylic acids is 1. The first kappa shape index (κ1) is 28.0. The highest BCUT2D eigenvalue weighted by Crippen LogP contribution is 2.28. The van der Waals surface area contributed by atoms with E-state index in [1.54, 1.807) is 42.5 Å². The Balaban J connectivity index is 1.68. The minimum absolute atomic E-state index is 0.163. The van der Waals surface area contributed by atoms with Crippen LogP contribution in [0.25, 0.3) is 0 Å². The van der Waals surface area contributed by atoms with E-state index in [-0.39, 0.29) is 17.7 Å². The Bertz CT molecular complexity index is 1390. The van der Waals surface area contributed by atoms with Crippen molar-refractivity contribution in [1.29, 1.82) is 0 Å². The summed E-state index contributed by atoms with van der Waals surface area (Å²) in [4.78, 5) is 43.7. The third kappa shape index (κ3) is 7.10. The van der Waals surface area contributed by atoms with Gasteiger partial charge in [0.1, 0.15) is 0 Å². The molecule has 9 heteroatoms. The smallest absolute Gasteiger partial charge is 0.328 e. The van der Waals surface area contributed by atoms with Gasteiger partial charge in [-0.05, 0) is 55.6 Å². The van der Waals surface area contributed by atoms with Crippen molar-refractivity contribution >= 4 is 40.8 Å². The number of aryl methyl sites for hydroxylation is 1. The Morgan fingerprint density at radius 2 is 1.82 bits per heavy atom. The van der Waals surface area contributed by atoms with Crippen molar-refractivity contribution in [3.05, 3.63) is 100 Å². The number of benzene rings is 3. The Kier molecular flexibility index (Phi) is 9.11. The fourth-order valence-corrected chi connectivity index (χ4v) is 4.96. The number of halogens is 1. The molecule has 2 atom stereocenters. The fraction of sp³-hybridized carbons (Fsp3) is 0.267. The van der Waals surface area contributed by atoms with Crippen molar-refractivity contribution in [1.82, 2.24) is 4.90 Å². The number of carbonyl (C=O) groups excluding carboxylic acids is 2. The summed E-state index contributed by atoms with van der Waals surface area (Å²) in [5, 5.41) is 13.2. The Hall–Kier alpha value is -4.01. The van der Waals surface area contributed by atoms with Gasteiger partial charge in [-0.2, -0.15) is 0 Å². The summed E-state index contributed by atoms with van der Waals surface area (Å²) in [5.41, 5.74) is 9.43. The highest BCUT2D eigenvalue weighted by molar-refractivity contribution is 6.31. The third-order valence-corrected chi connectivity index (χ3v) is 7.04. The quantitative estimate of drug-likeness (QED) is 0.325. The second kappa shape index (κ2) is 12.7. The number of carboxylic acid groups (broad SMARTS) is 1. The molecule has 39 heavy (non-hydrogen) atoms. The second-order valence-corrected chi connectivity index (χ2v) is 10.0. The molecule has 0 radical (unpaired) electrons. The van der Waals surface area contributed by atoms with Gasteiger partial charge in [0.25, 0.3) is 0 Å². The minimum atomic E-state index is -1.40. The number of nitrogens with zero attached hydrogens (tertiary/aromatic N) is 2. The maximum Gasteiger partial charge on any atom is 0.328 e. The summed E-state index contributed by atoms with van der Waals surface area (Å²) in [6.45, 7) is 3.54. The van der Waals surface area contributed by atoms with Crippen LogP contribution in [0.4, 0.5) is 5.69 Å². The molecule has 0 aromatic heterocycles. The van der Waals surface area contributed by atoms with E-state index in [0.717, 1.165) is 19.4 Å². The normalized spacial score (nSPS) is 16.6. The monoisotopic (exact) mass is 546 g/mol. The number of carboxylic acids is 1. The van der Waals surface area contributed by atoms with Gasteiger partial charge in [-0.25, -0.2) is 4.79 Å². The van der Waals surface area contributed by atoms with Crippen LogP contribution in [0.2, 0.25) is 5.02 Å². The van der Waals surface area contributed by atoms with Crippen LogP contribution in [0.3, 0.4) is 0 Å². The van der Waals surface area contributed by atoms with E-state index in [9.17, 15) is 19.5 Å². The number of nitrogens with one attached hydrogen (secondary N) is 1. The highest BCUT2D eigenvalue weighted by atomic mass is 35.5. The average Bonchev–Trinajstić information content (AvgIpc) is 3.37. The molecule has 1 saturated heterocycles. The van der Waals surface area contributed by atoms with Crippen molar-refractivity contribution in [2.45, 2.75) is 44.8 Å². The van der Waals surface area contributed by atoms with Crippen molar-refractivity contribution in [2.75, 3.05) is 11.9 Å². The Labute approximate surface area is 232 Å². The molecule has 3 aromatic carbocycles.